The minimum Gasteiger partial charge on any atom is -0.488 e. The van der Waals surface area contributed by atoms with Crippen LogP contribution in [0.1, 0.15) is 43.0 Å². The van der Waals surface area contributed by atoms with E-state index in [0.717, 1.165) is 18.7 Å². The first kappa shape index (κ1) is 11.5. The first-order valence-corrected chi connectivity index (χ1v) is 6.14. The molecule has 1 aromatic carbocycles. The fraction of sp³-hybridized carbons (Fsp3) is 0.571. The highest BCUT2D eigenvalue weighted by molar-refractivity contribution is 5.48. The molecular formula is C14H21NO. The lowest BCUT2D eigenvalue weighted by molar-refractivity contribution is 0.209. The lowest BCUT2D eigenvalue weighted by Crippen LogP contribution is -2.29. The third-order valence-electron chi connectivity index (χ3n) is 3.17. The zero-order valence-corrected chi connectivity index (χ0v) is 10.6. The molecule has 2 unspecified atom stereocenters. The van der Waals surface area contributed by atoms with Crippen molar-refractivity contribution in [2.45, 2.75) is 46.3 Å². The average molecular weight is 219 g/mol. The summed E-state index contributed by atoms with van der Waals surface area (Å²) in [5, 5.41) is 3.57. The van der Waals surface area contributed by atoms with E-state index in [0.29, 0.717) is 6.04 Å². The van der Waals surface area contributed by atoms with Gasteiger partial charge >= 0.3 is 0 Å². The molecule has 0 saturated heterocycles. The normalized spacial score (nSPS) is 23.0. The molecule has 0 spiro atoms. The number of fused-ring (bicyclic) bond motifs is 1. The summed E-state index contributed by atoms with van der Waals surface area (Å²) in [6.07, 6.45) is 1.39. The summed E-state index contributed by atoms with van der Waals surface area (Å²) < 4.78 is 5.94. The molecule has 2 atom stereocenters. The van der Waals surface area contributed by atoms with Crippen molar-refractivity contribution in [2.24, 2.45) is 0 Å². The van der Waals surface area contributed by atoms with Crippen LogP contribution in [0.3, 0.4) is 0 Å². The lowest BCUT2D eigenvalue weighted by atomic mass is 9.99. The standard InChI is InChI=1S/C14H21NO/c1-5-6-15-13-11(4)16-14-10(3)7-9(2)8-12(13)14/h7-8,11,13,15H,5-6H2,1-4H3. The molecule has 0 amide bonds. The Morgan fingerprint density at radius 3 is 2.75 bits per heavy atom. The van der Waals surface area contributed by atoms with Crippen LogP contribution in [-0.2, 0) is 0 Å². The molecule has 2 nitrogen and oxygen atoms in total. The molecule has 0 bridgehead atoms. The van der Waals surface area contributed by atoms with Gasteiger partial charge in [0.25, 0.3) is 0 Å². The second-order valence-corrected chi connectivity index (χ2v) is 4.75. The van der Waals surface area contributed by atoms with Gasteiger partial charge in [-0.25, -0.2) is 0 Å². The van der Waals surface area contributed by atoms with E-state index in [9.17, 15) is 0 Å². The Hall–Kier alpha value is -1.02. The highest BCUT2D eigenvalue weighted by atomic mass is 16.5. The van der Waals surface area contributed by atoms with Crippen LogP contribution in [0.2, 0.25) is 0 Å². The van der Waals surface area contributed by atoms with Crippen LogP contribution in [-0.4, -0.2) is 12.6 Å². The molecule has 1 aliphatic heterocycles. The fourth-order valence-corrected chi connectivity index (χ4v) is 2.46. The number of nitrogens with one attached hydrogen (secondary N) is 1. The molecule has 0 saturated carbocycles. The van der Waals surface area contributed by atoms with E-state index in [1.807, 2.05) is 0 Å². The van der Waals surface area contributed by atoms with Gasteiger partial charge in [-0.15, -0.1) is 0 Å². The highest BCUT2D eigenvalue weighted by Gasteiger charge is 2.31. The predicted molar refractivity (Wildman–Crippen MR) is 67.0 cm³/mol. The average Bonchev–Trinajstić information content (AvgIpc) is 2.53. The third kappa shape index (κ3) is 1.94. The number of benzene rings is 1. The molecule has 2 heteroatoms. The molecular weight excluding hydrogens is 198 g/mol. The predicted octanol–water partition coefficient (Wildman–Crippen LogP) is 3.13. The number of hydrogen-bond acceptors (Lipinski definition) is 2. The van der Waals surface area contributed by atoms with E-state index >= 15 is 0 Å². The van der Waals surface area contributed by atoms with Crippen LogP contribution in [0.5, 0.6) is 5.75 Å². The SMILES string of the molecule is CCCNC1c2cc(C)cc(C)c2OC1C. The van der Waals surface area contributed by atoms with Gasteiger partial charge < -0.3 is 10.1 Å². The lowest BCUT2D eigenvalue weighted by Gasteiger charge is -2.16. The van der Waals surface area contributed by atoms with Gasteiger partial charge in [0.2, 0.25) is 0 Å². The Kier molecular flexibility index (Phi) is 3.20. The van der Waals surface area contributed by atoms with Crippen LogP contribution in [0.4, 0.5) is 0 Å². The van der Waals surface area contributed by atoms with Crippen molar-refractivity contribution < 1.29 is 4.74 Å². The molecule has 1 heterocycles. The van der Waals surface area contributed by atoms with Crippen LogP contribution in [0.15, 0.2) is 12.1 Å². The van der Waals surface area contributed by atoms with Gasteiger partial charge in [-0.2, -0.15) is 0 Å². The maximum atomic E-state index is 5.94. The van der Waals surface area contributed by atoms with E-state index in [1.165, 1.54) is 16.7 Å². The van der Waals surface area contributed by atoms with E-state index in [2.05, 4.69) is 45.1 Å². The summed E-state index contributed by atoms with van der Waals surface area (Å²) in [7, 11) is 0. The molecule has 1 aliphatic rings. The summed E-state index contributed by atoms with van der Waals surface area (Å²) >= 11 is 0. The Morgan fingerprint density at radius 2 is 2.06 bits per heavy atom. The van der Waals surface area contributed by atoms with Crippen molar-refractivity contribution >= 4 is 0 Å². The quantitative estimate of drug-likeness (QED) is 0.843. The third-order valence-corrected chi connectivity index (χ3v) is 3.17. The highest BCUT2D eigenvalue weighted by Crippen LogP contribution is 2.39. The Balaban J connectivity index is 2.32. The monoisotopic (exact) mass is 219 g/mol. The first-order chi connectivity index (χ1) is 7.63. The van der Waals surface area contributed by atoms with Crippen molar-refractivity contribution in [3.63, 3.8) is 0 Å². The van der Waals surface area contributed by atoms with Gasteiger partial charge in [0.05, 0.1) is 6.04 Å². The van der Waals surface area contributed by atoms with Crippen LogP contribution in [0, 0.1) is 13.8 Å². The first-order valence-electron chi connectivity index (χ1n) is 6.14. The Morgan fingerprint density at radius 1 is 1.31 bits per heavy atom. The largest absolute Gasteiger partial charge is 0.488 e. The van der Waals surface area contributed by atoms with E-state index in [-0.39, 0.29) is 6.10 Å². The van der Waals surface area contributed by atoms with Crippen molar-refractivity contribution in [2.75, 3.05) is 6.54 Å². The summed E-state index contributed by atoms with van der Waals surface area (Å²) in [5.41, 5.74) is 3.90. The molecule has 88 valence electrons. The van der Waals surface area contributed by atoms with Gasteiger partial charge in [-0.05, 0) is 39.3 Å². The van der Waals surface area contributed by atoms with E-state index in [4.69, 9.17) is 4.74 Å². The van der Waals surface area contributed by atoms with Crippen molar-refractivity contribution in [3.8, 4) is 5.75 Å². The molecule has 0 aliphatic carbocycles. The van der Waals surface area contributed by atoms with Crippen LogP contribution in [0.25, 0.3) is 0 Å². The van der Waals surface area contributed by atoms with Crippen molar-refractivity contribution in [1.82, 2.24) is 5.32 Å². The second-order valence-electron chi connectivity index (χ2n) is 4.75. The number of aryl methyl sites for hydroxylation is 2. The minimum absolute atomic E-state index is 0.238. The molecule has 16 heavy (non-hydrogen) atoms. The Bertz CT molecular complexity index is 387. The van der Waals surface area contributed by atoms with E-state index < -0.39 is 0 Å². The van der Waals surface area contributed by atoms with Crippen molar-refractivity contribution in [1.29, 1.82) is 0 Å². The zero-order chi connectivity index (χ0) is 11.7. The number of ether oxygens (including phenoxy) is 1. The summed E-state index contributed by atoms with van der Waals surface area (Å²) in [6, 6.07) is 4.79. The van der Waals surface area contributed by atoms with Gasteiger partial charge in [0.15, 0.2) is 0 Å². The number of rotatable bonds is 3. The van der Waals surface area contributed by atoms with E-state index in [1.54, 1.807) is 0 Å². The van der Waals surface area contributed by atoms with Gasteiger partial charge in [-0.1, -0.05) is 24.6 Å². The fourth-order valence-electron chi connectivity index (χ4n) is 2.46. The van der Waals surface area contributed by atoms with Gasteiger partial charge in [-0.3, -0.25) is 0 Å². The summed E-state index contributed by atoms with van der Waals surface area (Å²) in [4.78, 5) is 0. The maximum absolute atomic E-state index is 5.94. The molecule has 1 aromatic rings. The van der Waals surface area contributed by atoms with Crippen molar-refractivity contribution in [3.05, 3.63) is 28.8 Å². The van der Waals surface area contributed by atoms with Crippen LogP contribution < -0.4 is 10.1 Å². The smallest absolute Gasteiger partial charge is 0.127 e. The number of hydrogen-bond donors (Lipinski definition) is 1. The molecule has 0 aromatic heterocycles. The molecule has 0 fully saturated rings. The topological polar surface area (TPSA) is 21.3 Å². The van der Waals surface area contributed by atoms with Gasteiger partial charge in [0.1, 0.15) is 11.9 Å². The molecule has 1 N–H and O–H groups in total. The Labute approximate surface area is 98.0 Å². The van der Waals surface area contributed by atoms with Gasteiger partial charge in [0, 0.05) is 5.56 Å². The molecule has 0 radical (unpaired) electrons. The molecule has 2 rings (SSSR count). The van der Waals surface area contributed by atoms with Crippen LogP contribution >= 0.6 is 0 Å². The summed E-state index contributed by atoms with van der Waals surface area (Å²) in [6.45, 7) is 9.65. The second kappa shape index (κ2) is 4.46. The summed E-state index contributed by atoms with van der Waals surface area (Å²) in [5.74, 6) is 1.09. The zero-order valence-electron chi connectivity index (χ0n) is 10.6. The minimum atomic E-state index is 0.238. The maximum Gasteiger partial charge on any atom is 0.127 e.